The van der Waals surface area contributed by atoms with Gasteiger partial charge in [-0.15, -0.1) is 11.6 Å². The molecule has 1 heterocycles. The molecule has 2 rings (SSSR count). The maximum absolute atomic E-state index is 6.22. The van der Waals surface area contributed by atoms with E-state index in [9.17, 15) is 0 Å². The van der Waals surface area contributed by atoms with Crippen molar-refractivity contribution in [3.63, 3.8) is 0 Å². The quantitative estimate of drug-likeness (QED) is 0.747. The summed E-state index contributed by atoms with van der Waals surface area (Å²) >= 11 is 9.72. The van der Waals surface area contributed by atoms with E-state index in [-0.39, 0.29) is 5.38 Å². The maximum atomic E-state index is 6.22. The highest BCUT2D eigenvalue weighted by Crippen LogP contribution is 2.28. The SMILES string of the molecule is COc1ccc(Cn2nc(C)c(C(C)Cl)c2C)cc1Br. The lowest BCUT2D eigenvalue weighted by molar-refractivity contribution is 0.412. The second-order valence-corrected chi connectivity index (χ2v) is 6.34. The third kappa shape index (κ3) is 3.01. The van der Waals surface area contributed by atoms with Crippen molar-refractivity contribution in [3.05, 3.63) is 45.2 Å². The predicted molar refractivity (Wildman–Crippen MR) is 85.8 cm³/mol. The first-order valence-electron chi connectivity index (χ1n) is 6.44. The minimum Gasteiger partial charge on any atom is -0.496 e. The van der Waals surface area contributed by atoms with Crippen LogP contribution in [0.5, 0.6) is 5.75 Å². The molecule has 0 saturated carbocycles. The highest BCUT2D eigenvalue weighted by Gasteiger charge is 2.16. The lowest BCUT2D eigenvalue weighted by Gasteiger charge is -2.09. The fourth-order valence-corrected chi connectivity index (χ4v) is 3.33. The number of aryl methyl sites for hydroxylation is 1. The van der Waals surface area contributed by atoms with Crippen molar-refractivity contribution in [1.82, 2.24) is 9.78 Å². The number of ether oxygens (including phenoxy) is 1. The van der Waals surface area contributed by atoms with Crippen molar-refractivity contribution in [3.8, 4) is 5.75 Å². The van der Waals surface area contributed by atoms with E-state index >= 15 is 0 Å². The molecule has 1 unspecified atom stereocenters. The highest BCUT2D eigenvalue weighted by atomic mass is 79.9. The summed E-state index contributed by atoms with van der Waals surface area (Å²) in [6, 6.07) is 6.05. The van der Waals surface area contributed by atoms with Crippen molar-refractivity contribution in [2.75, 3.05) is 7.11 Å². The molecular formula is C15H18BrClN2O. The van der Waals surface area contributed by atoms with E-state index in [2.05, 4.69) is 34.0 Å². The van der Waals surface area contributed by atoms with Gasteiger partial charge in [-0.1, -0.05) is 6.07 Å². The lowest BCUT2D eigenvalue weighted by atomic mass is 10.1. The molecule has 0 radical (unpaired) electrons. The summed E-state index contributed by atoms with van der Waals surface area (Å²) in [7, 11) is 1.66. The standard InChI is InChI=1S/C15H18BrClN2O/c1-9(17)15-10(2)18-19(11(15)3)8-12-5-6-14(20-4)13(16)7-12/h5-7,9H,8H2,1-4H3. The van der Waals surface area contributed by atoms with Gasteiger partial charge in [-0.05, 0) is 54.4 Å². The lowest BCUT2D eigenvalue weighted by Crippen LogP contribution is -2.04. The van der Waals surface area contributed by atoms with E-state index in [4.69, 9.17) is 16.3 Å². The van der Waals surface area contributed by atoms with Crippen molar-refractivity contribution in [2.24, 2.45) is 0 Å². The minimum atomic E-state index is -0.0219. The topological polar surface area (TPSA) is 27.1 Å². The van der Waals surface area contributed by atoms with Gasteiger partial charge in [0, 0.05) is 11.3 Å². The van der Waals surface area contributed by atoms with Crippen LogP contribution < -0.4 is 4.74 Å². The van der Waals surface area contributed by atoms with Gasteiger partial charge in [-0.2, -0.15) is 5.10 Å². The van der Waals surface area contributed by atoms with E-state index in [0.717, 1.165) is 39.3 Å². The Morgan fingerprint density at radius 1 is 1.40 bits per heavy atom. The molecule has 0 saturated heterocycles. The van der Waals surface area contributed by atoms with Gasteiger partial charge in [0.25, 0.3) is 0 Å². The van der Waals surface area contributed by atoms with Crippen molar-refractivity contribution >= 4 is 27.5 Å². The van der Waals surface area contributed by atoms with Crippen LogP contribution in [0.3, 0.4) is 0 Å². The highest BCUT2D eigenvalue weighted by molar-refractivity contribution is 9.10. The van der Waals surface area contributed by atoms with E-state index in [1.807, 2.05) is 30.7 Å². The molecule has 0 aliphatic carbocycles. The Labute approximate surface area is 133 Å². The largest absolute Gasteiger partial charge is 0.496 e. The fourth-order valence-electron chi connectivity index (χ4n) is 2.42. The van der Waals surface area contributed by atoms with Gasteiger partial charge in [-0.25, -0.2) is 0 Å². The summed E-state index contributed by atoms with van der Waals surface area (Å²) in [5, 5.41) is 4.56. The van der Waals surface area contributed by atoms with Crippen LogP contribution in [0.2, 0.25) is 0 Å². The van der Waals surface area contributed by atoms with Crippen molar-refractivity contribution in [2.45, 2.75) is 32.7 Å². The Morgan fingerprint density at radius 2 is 2.10 bits per heavy atom. The molecule has 0 fully saturated rings. The number of nitrogens with zero attached hydrogens (tertiary/aromatic N) is 2. The summed E-state index contributed by atoms with van der Waals surface area (Å²) in [6.45, 7) is 6.76. The Morgan fingerprint density at radius 3 is 2.60 bits per heavy atom. The van der Waals surface area contributed by atoms with Crippen LogP contribution >= 0.6 is 27.5 Å². The molecule has 20 heavy (non-hydrogen) atoms. The van der Waals surface area contributed by atoms with Crippen LogP contribution in [-0.4, -0.2) is 16.9 Å². The first-order chi connectivity index (χ1) is 9.43. The van der Waals surface area contributed by atoms with Crippen LogP contribution in [0.15, 0.2) is 22.7 Å². The molecule has 0 aliphatic heterocycles. The Kier molecular flexibility index (Phi) is 4.76. The average Bonchev–Trinajstić information content (AvgIpc) is 2.64. The summed E-state index contributed by atoms with van der Waals surface area (Å²) in [6.07, 6.45) is 0. The van der Waals surface area contributed by atoms with Crippen molar-refractivity contribution in [1.29, 1.82) is 0 Å². The summed E-state index contributed by atoms with van der Waals surface area (Å²) in [4.78, 5) is 0. The van der Waals surface area contributed by atoms with E-state index < -0.39 is 0 Å². The third-order valence-corrected chi connectivity index (χ3v) is 4.22. The zero-order chi connectivity index (χ0) is 14.9. The third-order valence-electron chi connectivity index (χ3n) is 3.38. The van der Waals surface area contributed by atoms with E-state index in [1.165, 1.54) is 0 Å². The minimum absolute atomic E-state index is 0.0219. The molecule has 1 aromatic heterocycles. The second-order valence-electron chi connectivity index (χ2n) is 4.83. The van der Waals surface area contributed by atoms with Crippen molar-refractivity contribution < 1.29 is 4.74 Å². The molecule has 0 aliphatic rings. The van der Waals surface area contributed by atoms with E-state index in [1.54, 1.807) is 7.11 Å². The molecule has 0 spiro atoms. The molecule has 0 amide bonds. The summed E-state index contributed by atoms with van der Waals surface area (Å²) in [5.74, 6) is 0.831. The molecule has 108 valence electrons. The Bertz CT molecular complexity index is 623. The monoisotopic (exact) mass is 356 g/mol. The van der Waals surface area contributed by atoms with Gasteiger partial charge in [0.1, 0.15) is 5.75 Å². The number of aromatic nitrogens is 2. The van der Waals surface area contributed by atoms with Gasteiger partial charge >= 0.3 is 0 Å². The number of hydrogen-bond donors (Lipinski definition) is 0. The molecule has 1 atom stereocenters. The maximum Gasteiger partial charge on any atom is 0.133 e. The summed E-state index contributed by atoms with van der Waals surface area (Å²) < 4.78 is 8.19. The van der Waals surface area contributed by atoms with Crippen LogP contribution in [0, 0.1) is 13.8 Å². The van der Waals surface area contributed by atoms with Gasteiger partial charge in [-0.3, -0.25) is 4.68 Å². The molecule has 1 aromatic carbocycles. The summed E-state index contributed by atoms with van der Waals surface area (Å²) in [5.41, 5.74) is 4.41. The number of methoxy groups -OCH3 is 1. The number of benzene rings is 1. The molecule has 0 bridgehead atoms. The molecule has 0 N–H and O–H groups in total. The number of hydrogen-bond acceptors (Lipinski definition) is 2. The second kappa shape index (κ2) is 6.19. The zero-order valence-corrected chi connectivity index (χ0v) is 14.4. The number of rotatable bonds is 4. The number of halogens is 2. The predicted octanol–water partition coefficient (Wildman–Crippen LogP) is 4.62. The van der Waals surface area contributed by atoms with Crippen LogP contribution in [-0.2, 0) is 6.54 Å². The first kappa shape index (κ1) is 15.4. The molecule has 3 nitrogen and oxygen atoms in total. The first-order valence-corrected chi connectivity index (χ1v) is 7.67. The van der Waals surface area contributed by atoms with Crippen LogP contribution in [0.1, 0.15) is 34.8 Å². The van der Waals surface area contributed by atoms with Gasteiger partial charge in [0.2, 0.25) is 0 Å². The molecule has 2 aromatic rings. The Balaban J connectivity index is 2.31. The van der Waals surface area contributed by atoms with Crippen LogP contribution in [0.25, 0.3) is 0 Å². The van der Waals surface area contributed by atoms with Gasteiger partial charge in [0.15, 0.2) is 0 Å². The van der Waals surface area contributed by atoms with Gasteiger partial charge in [0.05, 0.1) is 29.2 Å². The molecular weight excluding hydrogens is 340 g/mol. The Hall–Kier alpha value is -1.000. The van der Waals surface area contributed by atoms with Gasteiger partial charge < -0.3 is 4.74 Å². The normalized spacial score (nSPS) is 12.5. The smallest absolute Gasteiger partial charge is 0.133 e. The van der Waals surface area contributed by atoms with E-state index in [0.29, 0.717) is 0 Å². The number of alkyl halides is 1. The zero-order valence-electron chi connectivity index (χ0n) is 12.1. The molecule has 5 heteroatoms. The van der Waals surface area contributed by atoms with Crippen LogP contribution in [0.4, 0.5) is 0 Å². The average molecular weight is 358 g/mol. The fraction of sp³-hybridized carbons (Fsp3) is 0.400.